The number of hydrogen-bond donors (Lipinski definition) is 3. The van der Waals surface area contributed by atoms with Crippen molar-refractivity contribution in [2.75, 3.05) is 31.6 Å². The van der Waals surface area contributed by atoms with Gasteiger partial charge in [0.1, 0.15) is 17.8 Å². The number of rotatable bonds is 9. The van der Waals surface area contributed by atoms with Gasteiger partial charge in [-0.15, -0.1) is 5.10 Å². The average molecular weight is 461 g/mol. The number of aromatic nitrogens is 3. The molecule has 1 aliphatic rings. The highest BCUT2D eigenvalue weighted by atomic mass is 19.1. The SMILES string of the molecule is CC(CF)CCNc1ccc2ncc(-c3ccc(C(=O)NC[C@@H]4C[C@@H](F)CN4)c(F)c3)n2n1. The van der Waals surface area contributed by atoms with Gasteiger partial charge in [0.25, 0.3) is 5.91 Å². The summed E-state index contributed by atoms with van der Waals surface area (Å²) in [5, 5.41) is 13.3. The minimum atomic E-state index is -0.920. The zero-order chi connectivity index (χ0) is 23.4. The van der Waals surface area contributed by atoms with Crippen molar-refractivity contribution in [2.24, 2.45) is 5.92 Å². The molecule has 3 heterocycles. The molecule has 1 fully saturated rings. The van der Waals surface area contributed by atoms with E-state index in [-0.39, 0.29) is 37.3 Å². The summed E-state index contributed by atoms with van der Waals surface area (Å²) < 4.78 is 42.2. The molecule has 1 amide bonds. The fourth-order valence-electron chi connectivity index (χ4n) is 3.78. The number of carbonyl (C=O) groups is 1. The smallest absolute Gasteiger partial charge is 0.254 e. The molecule has 0 bridgehead atoms. The summed E-state index contributed by atoms with van der Waals surface area (Å²) in [7, 11) is 0. The molecule has 4 rings (SSSR count). The lowest BCUT2D eigenvalue weighted by atomic mass is 10.1. The summed E-state index contributed by atoms with van der Waals surface area (Å²) >= 11 is 0. The van der Waals surface area contributed by atoms with E-state index in [2.05, 4.69) is 26.0 Å². The van der Waals surface area contributed by atoms with Crippen molar-refractivity contribution >= 4 is 17.4 Å². The van der Waals surface area contributed by atoms with Crippen molar-refractivity contribution in [2.45, 2.75) is 32.0 Å². The minimum Gasteiger partial charge on any atom is -0.369 e. The second-order valence-corrected chi connectivity index (χ2v) is 8.45. The molecule has 1 saturated heterocycles. The van der Waals surface area contributed by atoms with Gasteiger partial charge < -0.3 is 16.0 Å². The molecule has 33 heavy (non-hydrogen) atoms. The topological polar surface area (TPSA) is 83.3 Å². The molecule has 10 heteroatoms. The number of hydrogen-bond acceptors (Lipinski definition) is 5. The van der Waals surface area contributed by atoms with Crippen molar-refractivity contribution in [3.05, 3.63) is 47.9 Å². The van der Waals surface area contributed by atoms with E-state index in [1.54, 1.807) is 28.9 Å². The monoisotopic (exact) mass is 460 g/mol. The highest BCUT2D eigenvalue weighted by molar-refractivity contribution is 5.95. The lowest BCUT2D eigenvalue weighted by molar-refractivity contribution is 0.0946. The highest BCUT2D eigenvalue weighted by Gasteiger charge is 2.24. The first kappa shape index (κ1) is 23.0. The maximum Gasteiger partial charge on any atom is 0.254 e. The number of benzene rings is 1. The van der Waals surface area contributed by atoms with Crippen LogP contribution < -0.4 is 16.0 Å². The van der Waals surface area contributed by atoms with E-state index in [4.69, 9.17) is 0 Å². The van der Waals surface area contributed by atoms with Crippen LogP contribution in [0.25, 0.3) is 16.9 Å². The summed E-state index contributed by atoms with van der Waals surface area (Å²) in [5.41, 5.74) is 1.59. The molecule has 2 aromatic heterocycles. The number of anilines is 1. The van der Waals surface area contributed by atoms with Gasteiger partial charge in [-0.25, -0.2) is 18.3 Å². The third kappa shape index (κ3) is 5.44. The van der Waals surface area contributed by atoms with Crippen LogP contribution in [0.1, 0.15) is 30.1 Å². The molecule has 1 aromatic carbocycles. The summed E-state index contributed by atoms with van der Waals surface area (Å²) in [6.45, 7) is 2.56. The maximum atomic E-state index is 14.8. The highest BCUT2D eigenvalue weighted by Crippen LogP contribution is 2.23. The van der Waals surface area contributed by atoms with Crippen LogP contribution in [0.4, 0.5) is 19.0 Å². The normalized spacial score (nSPS) is 19.0. The van der Waals surface area contributed by atoms with Gasteiger partial charge in [-0.2, -0.15) is 0 Å². The molecule has 3 atom stereocenters. The third-order valence-corrected chi connectivity index (χ3v) is 5.76. The lowest BCUT2D eigenvalue weighted by Crippen LogP contribution is -2.37. The number of nitrogens with zero attached hydrogens (tertiary/aromatic N) is 3. The second-order valence-electron chi connectivity index (χ2n) is 8.45. The van der Waals surface area contributed by atoms with E-state index in [0.29, 0.717) is 42.1 Å². The largest absolute Gasteiger partial charge is 0.369 e. The molecular formula is C23H27F3N6O. The van der Waals surface area contributed by atoms with E-state index in [1.165, 1.54) is 12.1 Å². The van der Waals surface area contributed by atoms with Crippen molar-refractivity contribution in [1.29, 1.82) is 0 Å². The summed E-state index contributed by atoms with van der Waals surface area (Å²) in [6.07, 6.45) is 1.67. The standard InChI is InChI=1S/C23H27F3N6O/c1-14(10-24)6-7-27-21-4-5-22-29-13-20(32(22)31-21)15-2-3-18(19(26)8-15)23(33)30-12-17-9-16(25)11-28-17/h2-5,8,13-14,16-17,28H,6-7,9-12H2,1H3,(H,27,31)(H,30,33)/t14?,16-,17+/m1/s1. The van der Waals surface area contributed by atoms with Gasteiger partial charge in [-0.1, -0.05) is 13.0 Å². The molecule has 3 aromatic rings. The molecule has 1 unspecified atom stereocenters. The molecule has 3 N–H and O–H groups in total. The third-order valence-electron chi connectivity index (χ3n) is 5.76. The van der Waals surface area contributed by atoms with Crippen LogP contribution in [0.3, 0.4) is 0 Å². The lowest BCUT2D eigenvalue weighted by Gasteiger charge is -2.12. The predicted molar refractivity (Wildman–Crippen MR) is 120 cm³/mol. The van der Waals surface area contributed by atoms with Crippen molar-refractivity contribution < 1.29 is 18.0 Å². The number of carbonyl (C=O) groups excluding carboxylic acids is 1. The summed E-state index contributed by atoms with van der Waals surface area (Å²) in [6, 6.07) is 7.74. The Bertz CT molecular complexity index is 1120. The molecular weight excluding hydrogens is 433 g/mol. The van der Waals surface area contributed by atoms with E-state index in [9.17, 15) is 18.0 Å². The maximum absolute atomic E-state index is 14.8. The first-order valence-corrected chi connectivity index (χ1v) is 11.0. The number of fused-ring (bicyclic) bond motifs is 1. The van der Waals surface area contributed by atoms with Crippen molar-refractivity contribution in [3.8, 4) is 11.3 Å². The van der Waals surface area contributed by atoms with Crippen LogP contribution in [0.5, 0.6) is 0 Å². The van der Waals surface area contributed by atoms with Gasteiger partial charge in [0.2, 0.25) is 0 Å². The number of halogens is 3. The fraction of sp³-hybridized carbons (Fsp3) is 0.435. The zero-order valence-electron chi connectivity index (χ0n) is 18.3. The van der Waals surface area contributed by atoms with E-state index in [1.807, 2.05) is 6.92 Å². The van der Waals surface area contributed by atoms with Gasteiger partial charge in [0.05, 0.1) is 24.1 Å². The van der Waals surface area contributed by atoms with E-state index in [0.717, 1.165) is 0 Å². The van der Waals surface area contributed by atoms with Crippen LogP contribution in [-0.4, -0.2) is 59.0 Å². The Hall–Kier alpha value is -3.14. The predicted octanol–water partition coefficient (Wildman–Crippen LogP) is 3.37. The van der Waals surface area contributed by atoms with Crippen LogP contribution in [0.2, 0.25) is 0 Å². The van der Waals surface area contributed by atoms with Gasteiger partial charge in [-0.3, -0.25) is 9.18 Å². The molecule has 7 nitrogen and oxygen atoms in total. The van der Waals surface area contributed by atoms with Crippen LogP contribution in [0, 0.1) is 11.7 Å². The summed E-state index contributed by atoms with van der Waals surface area (Å²) in [4.78, 5) is 16.7. The number of amides is 1. The Morgan fingerprint density at radius 1 is 1.33 bits per heavy atom. The first-order valence-electron chi connectivity index (χ1n) is 11.0. The van der Waals surface area contributed by atoms with Gasteiger partial charge >= 0.3 is 0 Å². The van der Waals surface area contributed by atoms with E-state index < -0.39 is 17.9 Å². The second kappa shape index (κ2) is 10.2. The molecule has 0 radical (unpaired) electrons. The molecule has 0 aliphatic carbocycles. The average Bonchev–Trinajstić information content (AvgIpc) is 3.42. The number of alkyl halides is 2. The van der Waals surface area contributed by atoms with Gasteiger partial charge in [0.15, 0.2) is 5.65 Å². The quantitative estimate of drug-likeness (QED) is 0.456. The number of imidazole rings is 1. The van der Waals surface area contributed by atoms with E-state index >= 15 is 0 Å². The van der Waals surface area contributed by atoms with Gasteiger partial charge in [-0.05, 0) is 43.0 Å². The Labute approximate surface area is 189 Å². The van der Waals surface area contributed by atoms with Crippen LogP contribution in [-0.2, 0) is 0 Å². The van der Waals surface area contributed by atoms with Crippen molar-refractivity contribution in [1.82, 2.24) is 25.2 Å². The number of nitrogens with one attached hydrogen (secondary N) is 3. The zero-order valence-corrected chi connectivity index (χ0v) is 18.3. The Kier molecular flexibility index (Phi) is 7.12. The minimum absolute atomic E-state index is 0.0289. The van der Waals surface area contributed by atoms with Crippen molar-refractivity contribution in [3.63, 3.8) is 0 Å². The first-order chi connectivity index (χ1) is 15.9. The molecule has 176 valence electrons. The molecule has 1 aliphatic heterocycles. The van der Waals surface area contributed by atoms with Gasteiger partial charge in [0, 0.05) is 31.2 Å². The van der Waals surface area contributed by atoms with Crippen LogP contribution in [0.15, 0.2) is 36.5 Å². The Morgan fingerprint density at radius 3 is 2.91 bits per heavy atom. The molecule has 0 spiro atoms. The van der Waals surface area contributed by atoms with Crippen LogP contribution >= 0.6 is 0 Å². The summed E-state index contributed by atoms with van der Waals surface area (Å²) in [5.74, 6) is -0.648. The Balaban J connectivity index is 1.47. The molecule has 0 saturated carbocycles. The Morgan fingerprint density at radius 2 is 2.18 bits per heavy atom. The fourth-order valence-corrected chi connectivity index (χ4v) is 3.78.